The Morgan fingerprint density at radius 2 is 2.16 bits per heavy atom. The lowest BCUT2D eigenvalue weighted by atomic mass is 10.1. The van der Waals surface area contributed by atoms with Crippen molar-refractivity contribution in [1.82, 2.24) is 10.2 Å². The second kappa shape index (κ2) is 7.71. The van der Waals surface area contributed by atoms with Gasteiger partial charge in [-0.3, -0.25) is 4.79 Å². The molecule has 0 radical (unpaired) electrons. The summed E-state index contributed by atoms with van der Waals surface area (Å²) in [4.78, 5) is 26.2. The van der Waals surface area contributed by atoms with Gasteiger partial charge in [0.2, 0.25) is 0 Å². The van der Waals surface area contributed by atoms with Gasteiger partial charge in [-0.05, 0) is 31.0 Å². The van der Waals surface area contributed by atoms with Crippen molar-refractivity contribution < 1.29 is 24.2 Å². The van der Waals surface area contributed by atoms with Crippen molar-refractivity contribution >= 4 is 17.6 Å². The summed E-state index contributed by atoms with van der Waals surface area (Å²) in [5.74, 6) is 0.294. The Morgan fingerprint density at radius 3 is 2.88 bits per heavy atom. The Labute approximate surface area is 146 Å². The SMILES string of the molecule is COc1ccc(C(=O)NC2CC2)cc1NC(=O)N1CCOC[C@H](O)C1. The number of anilines is 1. The molecule has 1 saturated heterocycles. The van der Waals surface area contributed by atoms with Gasteiger partial charge in [0.1, 0.15) is 5.75 Å². The first-order valence-electron chi connectivity index (χ1n) is 8.37. The van der Waals surface area contributed by atoms with Gasteiger partial charge >= 0.3 is 6.03 Å². The van der Waals surface area contributed by atoms with Gasteiger partial charge in [0, 0.05) is 18.2 Å². The van der Waals surface area contributed by atoms with Crippen LogP contribution in [-0.4, -0.2) is 67.5 Å². The van der Waals surface area contributed by atoms with Crippen LogP contribution in [0.25, 0.3) is 0 Å². The van der Waals surface area contributed by atoms with E-state index in [4.69, 9.17) is 9.47 Å². The Morgan fingerprint density at radius 1 is 1.36 bits per heavy atom. The highest BCUT2D eigenvalue weighted by Gasteiger charge is 2.25. The smallest absolute Gasteiger partial charge is 0.322 e. The zero-order valence-electron chi connectivity index (χ0n) is 14.2. The molecule has 136 valence electrons. The number of amides is 3. The predicted octanol–water partition coefficient (Wildman–Crippen LogP) is 0.812. The highest BCUT2D eigenvalue weighted by atomic mass is 16.5. The number of carbonyl (C=O) groups is 2. The molecule has 1 aliphatic carbocycles. The topological polar surface area (TPSA) is 100 Å². The third kappa shape index (κ3) is 4.61. The highest BCUT2D eigenvalue weighted by Crippen LogP contribution is 2.27. The van der Waals surface area contributed by atoms with Gasteiger partial charge in [-0.25, -0.2) is 4.79 Å². The van der Waals surface area contributed by atoms with Gasteiger partial charge < -0.3 is 30.1 Å². The number of methoxy groups -OCH3 is 1. The van der Waals surface area contributed by atoms with Crippen LogP contribution in [0.15, 0.2) is 18.2 Å². The molecule has 3 amide bonds. The van der Waals surface area contributed by atoms with E-state index in [9.17, 15) is 14.7 Å². The molecule has 0 unspecified atom stereocenters. The van der Waals surface area contributed by atoms with Crippen LogP contribution in [0.1, 0.15) is 23.2 Å². The van der Waals surface area contributed by atoms with Gasteiger partial charge in [0.25, 0.3) is 5.91 Å². The molecule has 0 aromatic heterocycles. The maximum atomic E-state index is 12.5. The lowest BCUT2D eigenvalue weighted by Crippen LogP contribution is -2.40. The van der Waals surface area contributed by atoms with E-state index in [1.807, 2.05) is 0 Å². The summed E-state index contributed by atoms with van der Waals surface area (Å²) >= 11 is 0. The van der Waals surface area contributed by atoms with Crippen LogP contribution in [0.5, 0.6) is 5.75 Å². The molecule has 0 spiro atoms. The summed E-state index contributed by atoms with van der Waals surface area (Å²) in [6, 6.07) is 4.79. The van der Waals surface area contributed by atoms with Gasteiger partial charge in [-0.2, -0.15) is 0 Å². The van der Waals surface area contributed by atoms with Crippen LogP contribution in [0.4, 0.5) is 10.5 Å². The van der Waals surface area contributed by atoms with Crippen LogP contribution in [0.3, 0.4) is 0 Å². The number of hydrogen-bond donors (Lipinski definition) is 3. The Kier molecular flexibility index (Phi) is 5.40. The van der Waals surface area contributed by atoms with Crippen molar-refractivity contribution in [3.05, 3.63) is 23.8 Å². The molecule has 2 aliphatic rings. The number of aliphatic hydroxyl groups excluding tert-OH is 1. The second-order valence-electron chi connectivity index (χ2n) is 6.27. The number of ether oxygens (including phenoxy) is 2. The van der Waals surface area contributed by atoms with E-state index in [0.29, 0.717) is 30.2 Å². The number of carbonyl (C=O) groups excluding carboxylic acids is 2. The van der Waals surface area contributed by atoms with Crippen LogP contribution in [-0.2, 0) is 4.74 Å². The fraction of sp³-hybridized carbons (Fsp3) is 0.529. The summed E-state index contributed by atoms with van der Waals surface area (Å²) in [5, 5.41) is 15.4. The molecule has 1 aliphatic heterocycles. The quantitative estimate of drug-likeness (QED) is 0.747. The standard InChI is InChI=1S/C17H23N3O5/c1-24-15-5-2-11(16(22)18-12-3-4-12)8-14(15)19-17(23)20-6-7-25-10-13(21)9-20/h2,5,8,12-13,21H,3-4,6-7,9-10H2,1H3,(H,18,22)(H,19,23)/t13-/m1/s1. The lowest BCUT2D eigenvalue weighted by molar-refractivity contribution is 0.0575. The van der Waals surface area contributed by atoms with Crippen LogP contribution < -0.4 is 15.4 Å². The summed E-state index contributed by atoms with van der Waals surface area (Å²) in [6.45, 7) is 1.15. The first kappa shape index (κ1) is 17.5. The number of benzene rings is 1. The zero-order chi connectivity index (χ0) is 17.8. The average Bonchev–Trinajstić information content (AvgIpc) is 3.42. The minimum atomic E-state index is -0.717. The van der Waals surface area contributed by atoms with Gasteiger partial charge in [-0.1, -0.05) is 0 Å². The van der Waals surface area contributed by atoms with Crippen molar-refractivity contribution in [2.75, 3.05) is 38.7 Å². The largest absolute Gasteiger partial charge is 0.495 e. The minimum absolute atomic E-state index is 0.167. The summed E-state index contributed by atoms with van der Waals surface area (Å²) in [6.07, 6.45) is 1.29. The monoisotopic (exact) mass is 349 g/mol. The lowest BCUT2D eigenvalue weighted by Gasteiger charge is -2.22. The first-order chi connectivity index (χ1) is 12.1. The van der Waals surface area contributed by atoms with Gasteiger partial charge in [0.05, 0.1) is 38.7 Å². The van der Waals surface area contributed by atoms with Crippen molar-refractivity contribution in [2.24, 2.45) is 0 Å². The number of aliphatic hydroxyl groups is 1. The van der Waals surface area contributed by atoms with Crippen LogP contribution in [0.2, 0.25) is 0 Å². The van der Waals surface area contributed by atoms with Crippen molar-refractivity contribution in [3.8, 4) is 5.75 Å². The van der Waals surface area contributed by atoms with Crippen LogP contribution >= 0.6 is 0 Å². The fourth-order valence-corrected chi connectivity index (χ4v) is 2.61. The third-order valence-corrected chi connectivity index (χ3v) is 4.15. The number of rotatable bonds is 4. The predicted molar refractivity (Wildman–Crippen MR) is 90.9 cm³/mol. The van der Waals surface area contributed by atoms with E-state index in [0.717, 1.165) is 12.8 Å². The van der Waals surface area contributed by atoms with E-state index in [-0.39, 0.29) is 31.1 Å². The van der Waals surface area contributed by atoms with E-state index in [1.54, 1.807) is 18.2 Å². The van der Waals surface area contributed by atoms with Gasteiger partial charge in [-0.15, -0.1) is 0 Å². The van der Waals surface area contributed by atoms with E-state index in [1.165, 1.54) is 12.0 Å². The van der Waals surface area contributed by atoms with Crippen LogP contribution in [0, 0.1) is 0 Å². The van der Waals surface area contributed by atoms with E-state index < -0.39 is 6.10 Å². The average molecular weight is 349 g/mol. The Bertz CT molecular complexity index is 647. The number of hydrogen-bond acceptors (Lipinski definition) is 5. The molecule has 25 heavy (non-hydrogen) atoms. The van der Waals surface area contributed by atoms with E-state index >= 15 is 0 Å². The molecule has 3 N–H and O–H groups in total. The Balaban J connectivity index is 1.72. The summed E-state index contributed by atoms with van der Waals surface area (Å²) < 4.78 is 10.5. The normalized spacial score (nSPS) is 20.6. The fourth-order valence-electron chi connectivity index (χ4n) is 2.61. The number of nitrogens with one attached hydrogen (secondary N) is 2. The second-order valence-corrected chi connectivity index (χ2v) is 6.27. The van der Waals surface area contributed by atoms with Crippen molar-refractivity contribution in [3.63, 3.8) is 0 Å². The zero-order valence-corrected chi connectivity index (χ0v) is 14.2. The van der Waals surface area contributed by atoms with Crippen molar-refractivity contribution in [2.45, 2.75) is 25.0 Å². The number of nitrogens with zero attached hydrogens (tertiary/aromatic N) is 1. The third-order valence-electron chi connectivity index (χ3n) is 4.15. The molecule has 1 saturated carbocycles. The highest BCUT2D eigenvalue weighted by molar-refractivity contribution is 5.98. The Hall–Kier alpha value is -2.32. The summed E-state index contributed by atoms with van der Waals surface area (Å²) in [5.41, 5.74) is 0.873. The maximum Gasteiger partial charge on any atom is 0.322 e. The minimum Gasteiger partial charge on any atom is -0.495 e. The van der Waals surface area contributed by atoms with E-state index in [2.05, 4.69) is 10.6 Å². The molecule has 1 aromatic rings. The first-order valence-corrected chi connectivity index (χ1v) is 8.37. The number of β-amino-alcohol motifs (C(OH)–C–C–N with tert-alkyl or cyclic N) is 1. The molecule has 1 aromatic carbocycles. The molecule has 2 fully saturated rings. The molecule has 8 nitrogen and oxygen atoms in total. The molecule has 1 atom stereocenters. The molecule has 8 heteroatoms. The maximum absolute atomic E-state index is 12.5. The van der Waals surface area contributed by atoms with Gasteiger partial charge in [0.15, 0.2) is 0 Å². The molecule has 0 bridgehead atoms. The molecule has 3 rings (SSSR count). The number of urea groups is 1. The molecule has 1 heterocycles. The molecular formula is C17H23N3O5. The summed E-state index contributed by atoms with van der Waals surface area (Å²) in [7, 11) is 1.50. The molecular weight excluding hydrogens is 326 g/mol. The van der Waals surface area contributed by atoms with Crippen molar-refractivity contribution in [1.29, 1.82) is 0 Å².